The molecule has 0 saturated heterocycles. The van der Waals surface area contributed by atoms with Gasteiger partial charge in [-0.15, -0.1) is 0 Å². The first kappa shape index (κ1) is 24.2. The number of aryl methyl sites for hydroxylation is 2. The number of aromatic nitrogens is 2. The van der Waals surface area contributed by atoms with Crippen molar-refractivity contribution >= 4 is 28.9 Å². The van der Waals surface area contributed by atoms with Crippen molar-refractivity contribution in [2.75, 3.05) is 17.7 Å². The average Bonchev–Trinajstić information content (AvgIpc) is 3.26. The molecular weight excluding hydrogens is 448 g/mol. The number of imidazole rings is 1. The molecule has 2 heterocycles. The van der Waals surface area contributed by atoms with E-state index >= 15 is 0 Å². The Balaban J connectivity index is 1.61. The topological polar surface area (TPSA) is 97.5 Å². The SMILES string of the molecule is C=C(Nc1cc(C)cc(O)c1)c1ccc(C)c(C#Cc2cnc3c(N/C(C=N)=C/NC)cccn23)c1. The molecular formula is C29H28N6O. The monoisotopic (exact) mass is 476 g/mol. The second-order valence-electron chi connectivity index (χ2n) is 8.36. The van der Waals surface area contributed by atoms with Gasteiger partial charge in [-0.25, -0.2) is 4.98 Å². The highest BCUT2D eigenvalue weighted by Gasteiger charge is 2.08. The summed E-state index contributed by atoms with van der Waals surface area (Å²) in [5, 5.41) is 26.8. The zero-order valence-electron chi connectivity index (χ0n) is 20.5. The number of hydrogen-bond acceptors (Lipinski definition) is 6. The number of pyridine rings is 1. The van der Waals surface area contributed by atoms with Gasteiger partial charge in [0.05, 0.1) is 17.6 Å². The first-order valence-electron chi connectivity index (χ1n) is 11.4. The molecule has 36 heavy (non-hydrogen) atoms. The molecule has 0 spiro atoms. The Hall–Kier alpha value is -4.96. The maximum absolute atomic E-state index is 9.88. The molecule has 2 aromatic carbocycles. The number of phenolic OH excluding ortho intramolecular Hbond substituents is 1. The molecule has 0 aliphatic carbocycles. The van der Waals surface area contributed by atoms with E-state index in [0.717, 1.165) is 45.0 Å². The first-order valence-corrected chi connectivity index (χ1v) is 11.4. The maximum atomic E-state index is 9.88. The van der Waals surface area contributed by atoms with Crippen LogP contribution in [0.3, 0.4) is 0 Å². The first-order chi connectivity index (χ1) is 17.4. The van der Waals surface area contributed by atoms with Crippen LogP contribution in [-0.4, -0.2) is 27.8 Å². The lowest BCUT2D eigenvalue weighted by Gasteiger charge is -2.12. The largest absolute Gasteiger partial charge is 0.508 e. The van der Waals surface area contributed by atoms with Crippen LogP contribution < -0.4 is 16.0 Å². The molecule has 4 aromatic rings. The summed E-state index contributed by atoms with van der Waals surface area (Å²) in [5.74, 6) is 6.73. The van der Waals surface area contributed by atoms with Crippen LogP contribution in [0.5, 0.6) is 5.75 Å². The maximum Gasteiger partial charge on any atom is 0.161 e. The van der Waals surface area contributed by atoms with Crippen LogP contribution in [-0.2, 0) is 0 Å². The fourth-order valence-electron chi connectivity index (χ4n) is 3.78. The number of allylic oxidation sites excluding steroid dienone is 1. The number of aromatic hydroxyl groups is 1. The summed E-state index contributed by atoms with van der Waals surface area (Å²) in [6.45, 7) is 8.12. The Kier molecular flexibility index (Phi) is 7.07. The van der Waals surface area contributed by atoms with Crippen molar-refractivity contribution in [3.05, 3.63) is 107 Å². The standard InChI is InChI=1S/C29H28N6O/c1-19-12-24(15-27(36)13-19)33-21(3)23-8-7-20(2)22(14-23)9-10-26-18-32-29-28(6-5-11-35(26)29)34-25(16-30)17-31-4/h5-8,11-18,30-31,33-34,36H,3H2,1-2,4H3/b25-17+,30-16?. The Morgan fingerprint density at radius 3 is 2.69 bits per heavy atom. The summed E-state index contributed by atoms with van der Waals surface area (Å²) < 4.78 is 1.92. The Bertz CT molecular complexity index is 1530. The average molecular weight is 477 g/mol. The highest BCUT2D eigenvalue weighted by atomic mass is 16.3. The van der Waals surface area contributed by atoms with Gasteiger partial charge in [0.15, 0.2) is 5.65 Å². The Labute approximate surface area is 210 Å². The predicted molar refractivity (Wildman–Crippen MR) is 147 cm³/mol. The number of phenols is 1. The van der Waals surface area contributed by atoms with Gasteiger partial charge in [0.2, 0.25) is 0 Å². The highest BCUT2D eigenvalue weighted by Crippen LogP contribution is 2.24. The van der Waals surface area contributed by atoms with Crippen molar-refractivity contribution < 1.29 is 5.11 Å². The third-order valence-electron chi connectivity index (χ3n) is 5.54. The molecule has 7 heteroatoms. The van der Waals surface area contributed by atoms with Gasteiger partial charge in [-0.2, -0.15) is 0 Å². The zero-order chi connectivity index (χ0) is 25.7. The fraction of sp³-hybridized carbons (Fsp3) is 0.103. The molecule has 0 fully saturated rings. The number of nitrogens with one attached hydrogen (secondary N) is 4. The second kappa shape index (κ2) is 10.5. The van der Waals surface area contributed by atoms with E-state index in [1.54, 1.807) is 31.6 Å². The molecule has 4 rings (SSSR count). The van der Waals surface area contributed by atoms with Crippen LogP contribution in [0.25, 0.3) is 11.3 Å². The molecule has 0 bridgehead atoms. The summed E-state index contributed by atoms with van der Waals surface area (Å²) in [5.41, 5.74) is 8.15. The van der Waals surface area contributed by atoms with E-state index < -0.39 is 0 Å². The van der Waals surface area contributed by atoms with E-state index in [2.05, 4.69) is 39.4 Å². The lowest BCUT2D eigenvalue weighted by Crippen LogP contribution is -2.07. The summed E-state index contributed by atoms with van der Waals surface area (Å²) in [7, 11) is 1.78. The second-order valence-corrected chi connectivity index (χ2v) is 8.36. The van der Waals surface area contributed by atoms with Crippen molar-refractivity contribution in [3.63, 3.8) is 0 Å². The van der Waals surface area contributed by atoms with Gasteiger partial charge in [0.1, 0.15) is 11.4 Å². The van der Waals surface area contributed by atoms with E-state index in [0.29, 0.717) is 11.4 Å². The van der Waals surface area contributed by atoms with E-state index in [1.165, 1.54) is 6.21 Å². The summed E-state index contributed by atoms with van der Waals surface area (Å²) in [4.78, 5) is 4.54. The van der Waals surface area contributed by atoms with Crippen LogP contribution in [0.1, 0.15) is 27.9 Å². The van der Waals surface area contributed by atoms with Crippen LogP contribution >= 0.6 is 0 Å². The number of fused-ring (bicyclic) bond motifs is 1. The van der Waals surface area contributed by atoms with Crippen LogP contribution in [0.15, 0.2) is 79.4 Å². The molecule has 0 aliphatic rings. The third kappa shape index (κ3) is 5.40. The van der Waals surface area contributed by atoms with Crippen molar-refractivity contribution in [2.45, 2.75) is 13.8 Å². The summed E-state index contributed by atoms with van der Waals surface area (Å²) >= 11 is 0. The van der Waals surface area contributed by atoms with E-state index in [4.69, 9.17) is 5.41 Å². The highest BCUT2D eigenvalue weighted by molar-refractivity contribution is 5.84. The lowest BCUT2D eigenvalue weighted by molar-refractivity contribution is 0.475. The minimum Gasteiger partial charge on any atom is -0.508 e. The quantitative estimate of drug-likeness (QED) is 0.185. The van der Waals surface area contributed by atoms with Crippen molar-refractivity contribution in [3.8, 4) is 17.6 Å². The third-order valence-corrected chi connectivity index (χ3v) is 5.54. The lowest BCUT2D eigenvalue weighted by atomic mass is 10.0. The zero-order valence-corrected chi connectivity index (χ0v) is 20.5. The summed E-state index contributed by atoms with van der Waals surface area (Å²) in [6, 6.07) is 15.2. The number of benzene rings is 2. The molecule has 7 nitrogen and oxygen atoms in total. The molecule has 0 radical (unpaired) electrons. The van der Waals surface area contributed by atoms with Gasteiger partial charge in [0, 0.05) is 48.7 Å². The summed E-state index contributed by atoms with van der Waals surface area (Å²) in [6.07, 6.45) is 6.60. The number of rotatable bonds is 7. The molecule has 5 N–H and O–H groups in total. The minimum absolute atomic E-state index is 0.208. The van der Waals surface area contributed by atoms with Crippen molar-refractivity contribution in [1.82, 2.24) is 14.7 Å². The van der Waals surface area contributed by atoms with Gasteiger partial charge in [-0.05, 0) is 66.8 Å². The van der Waals surface area contributed by atoms with Gasteiger partial charge in [-0.1, -0.05) is 24.6 Å². The molecule has 2 aromatic heterocycles. The number of nitrogens with zero attached hydrogens (tertiary/aromatic N) is 2. The molecule has 180 valence electrons. The number of anilines is 2. The Morgan fingerprint density at radius 1 is 1.11 bits per heavy atom. The van der Waals surface area contributed by atoms with Gasteiger partial charge in [0.25, 0.3) is 0 Å². The Morgan fingerprint density at radius 2 is 1.94 bits per heavy atom. The molecule has 0 aliphatic heterocycles. The molecule has 0 atom stereocenters. The minimum atomic E-state index is 0.208. The van der Waals surface area contributed by atoms with E-state index in [1.807, 2.05) is 60.8 Å². The van der Waals surface area contributed by atoms with Crippen molar-refractivity contribution in [2.24, 2.45) is 0 Å². The predicted octanol–water partition coefficient (Wildman–Crippen LogP) is 5.26. The fourth-order valence-corrected chi connectivity index (χ4v) is 3.78. The van der Waals surface area contributed by atoms with E-state index in [-0.39, 0.29) is 5.75 Å². The number of hydrogen-bond donors (Lipinski definition) is 5. The van der Waals surface area contributed by atoms with Gasteiger partial charge >= 0.3 is 0 Å². The smallest absolute Gasteiger partial charge is 0.161 e. The van der Waals surface area contributed by atoms with Gasteiger partial charge in [-0.3, -0.25) is 4.40 Å². The molecule has 0 amide bonds. The van der Waals surface area contributed by atoms with Crippen LogP contribution in [0.2, 0.25) is 0 Å². The van der Waals surface area contributed by atoms with Gasteiger partial charge < -0.3 is 26.5 Å². The van der Waals surface area contributed by atoms with Crippen molar-refractivity contribution in [1.29, 1.82) is 5.41 Å². The molecule has 0 unspecified atom stereocenters. The van der Waals surface area contributed by atoms with E-state index in [9.17, 15) is 5.11 Å². The normalized spacial score (nSPS) is 10.9. The molecule has 0 saturated carbocycles. The van der Waals surface area contributed by atoms with Crippen LogP contribution in [0, 0.1) is 31.1 Å². The van der Waals surface area contributed by atoms with Crippen LogP contribution in [0.4, 0.5) is 11.4 Å².